The third-order valence-electron chi connectivity index (χ3n) is 2.82. The van der Waals surface area contributed by atoms with Crippen molar-refractivity contribution in [1.82, 2.24) is 10.3 Å². The average molecular weight is 314 g/mol. The molecule has 0 aromatic heterocycles. The molecule has 1 heterocycles. The Morgan fingerprint density at radius 1 is 1.35 bits per heavy atom. The Balaban J connectivity index is 2.76. The molecule has 0 saturated carbocycles. The van der Waals surface area contributed by atoms with E-state index in [0.29, 0.717) is 5.01 Å². The van der Waals surface area contributed by atoms with Crippen LogP contribution in [0.25, 0.3) is 0 Å². The summed E-state index contributed by atoms with van der Waals surface area (Å²) >= 11 is 5.38. The van der Waals surface area contributed by atoms with Crippen LogP contribution < -0.4 is 5.32 Å². The summed E-state index contributed by atoms with van der Waals surface area (Å²) in [5.41, 5.74) is 0. The van der Waals surface area contributed by atoms with Crippen LogP contribution in [-0.2, 0) is 4.74 Å². The lowest BCUT2D eigenvalue weighted by atomic mass is 9.96. The average Bonchev–Trinajstić information content (AvgIpc) is 2.44. The number of rotatable bonds is 5. The lowest BCUT2D eigenvalue weighted by Gasteiger charge is -2.40. The lowest BCUT2D eigenvalue weighted by Crippen LogP contribution is -2.65. The largest absolute Gasteiger partial charge is 0.394 e. The van der Waals surface area contributed by atoms with Crippen LogP contribution in [-0.4, -0.2) is 81.1 Å². The summed E-state index contributed by atoms with van der Waals surface area (Å²) in [6.45, 7) is -0.799. The number of nitrogens with zero attached hydrogens (tertiary/aromatic N) is 2. The van der Waals surface area contributed by atoms with Crippen LogP contribution in [0.1, 0.15) is 0 Å². The maximum Gasteiger partial charge on any atom is 0.340 e. The number of urea groups is 1. The summed E-state index contributed by atoms with van der Waals surface area (Å²) in [5, 5.41) is 42.9. The summed E-state index contributed by atoms with van der Waals surface area (Å²) in [4.78, 5) is 22.1. The van der Waals surface area contributed by atoms with E-state index in [0.717, 1.165) is 0 Å². The van der Waals surface area contributed by atoms with Crippen molar-refractivity contribution in [3.63, 3.8) is 0 Å². The van der Waals surface area contributed by atoms with E-state index in [1.807, 2.05) is 0 Å². The first kappa shape index (κ1) is 17.0. The number of carbonyl (C=O) groups is 1. The molecule has 0 bridgehead atoms. The van der Waals surface area contributed by atoms with Crippen LogP contribution in [0.3, 0.4) is 0 Å². The first-order chi connectivity index (χ1) is 9.46. The van der Waals surface area contributed by atoms with Gasteiger partial charge in [0.1, 0.15) is 18.3 Å². The fourth-order valence-corrected chi connectivity index (χ4v) is 1.91. The Morgan fingerprint density at radius 2 is 2.00 bits per heavy atom. The van der Waals surface area contributed by atoms with E-state index in [2.05, 4.69) is 10.6 Å². The number of hydrogen-bond acceptors (Lipinski definition) is 8. The van der Waals surface area contributed by atoms with Crippen molar-refractivity contribution in [3.8, 4) is 0 Å². The molecule has 1 unspecified atom stereocenters. The van der Waals surface area contributed by atoms with Crippen molar-refractivity contribution < 1.29 is 30.0 Å². The Kier molecular flexibility index (Phi) is 6.52. The minimum Gasteiger partial charge on any atom is -0.394 e. The molecule has 11 heteroatoms. The molecule has 20 heavy (non-hydrogen) atoms. The van der Waals surface area contributed by atoms with Gasteiger partial charge in [-0.05, 0) is 0 Å². The molecule has 5 atom stereocenters. The molecule has 5 N–H and O–H groups in total. The topological polar surface area (TPSA) is 152 Å². The summed E-state index contributed by atoms with van der Waals surface area (Å²) < 4.78 is 4.74. The standard InChI is InChI=1S/C9H16ClN3O7/c10-1-2-13(12-19)9(18)11-5-6(15)4(3-14)20-8(17)7(5)16/h4-8,14-17H,1-3H2,(H,11,18)/t4-,5-,6-,7-,8?/m1/s1. The first-order valence-electron chi connectivity index (χ1n) is 5.74. The molecule has 1 saturated heterocycles. The minimum atomic E-state index is -1.70. The van der Waals surface area contributed by atoms with Gasteiger partial charge in [-0.3, -0.25) is 0 Å². The van der Waals surface area contributed by atoms with Gasteiger partial charge in [-0.2, -0.15) is 5.01 Å². The minimum absolute atomic E-state index is 0.0417. The second kappa shape index (κ2) is 7.67. The van der Waals surface area contributed by atoms with Gasteiger partial charge in [0.25, 0.3) is 0 Å². The van der Waals surface area contributed by atoms with Crippen molar-refractivity contribution in [2.75, 3.05) is 19.0 Å². The van der Waals surface area contributed by atoms with E-state index in [1.165, 1.54) is 0 Å². The molecule has 10 nitrogen and oxygen atoms in total. The number of carbonyl (C=O) groups excluding carboxylic acids is 1. The third kappa shape index (κ3) is 3.75. The van der Waals surface area contributed by atoms with Gasteiger partial charge in [-0.15, -0.1) is 16.5 Å². The zero-order valence-corrected chi connectivity index (χ0v) is 11.0. The maximum absolute atomic E-state index is 11.7. The van der Waals surface area contributed by atoms with Crippen molar-refractivity contribution >= 4 is 17.6 Å². The van der Waals surface area contributed by atoms with Crippen molar-refractivity contribution in [2.24, 2.45) is 5.29 Å². The quantitative estimate of drug-likeness (QED) is 0.218. The highest BCUT2D eigenvalue weighted by molar-refractivity contribution is 6.18. The molecular weight excluding hydrogens is 298 g/mol. The normalized spacial score (nSPS) is 33.5. The van der Waals surface area contributed by atoms with Crippen molar-refractivity contribution in [1.29, 1.82) is 0 Å². The van der Waals surface area contributed by atoms with Crippen LogP contribution >= 0.6 is 11.6 Å². The fraction of sp³-hybridized carbons (Fsp3) is 0.889. The van der Waals surface area contributed by atoms with E-state index in [1.54, 1.807) is 0 Å². The number of nitrogens with one attached hydrogen (secondary N) is 1. The Bertz CT molecular complexity index is 348. The zero-order valence-electron chi connectivity index (χ0n) is 10.3. The highest BCUT2D eigenvalue weighted by atomic mass is 35.5. The summed E-state index contributed by atoms with van der Waals surface area (Å²) in [5.74, 6) is -0.0417. The molecular formula is C9H16ClN3O7. The van der Waals surface area contributed by atoms with Crippen LogP contribution in [0.2, 0.25) is 0 Å². The molecule has 0 spiro atoms. The van der Waals surface area contributed by atoms with E-state index in [-0.39, 0.29) is 12.4 Å². The van der Waals surface area contributed by atoms with E-state index >= 15 is 0 Å². The van der Waals surface area contributed by atoms with Gasteiger partial charge in [0, 0.05) is 5.88 Å². The second-order valence-corrected chi connectivity index (χ2v) is 4.48. The second-order valence-electron chi connectivity index (χ2n) is 4.10. The maximum atomic E-state index is 11.7. The summed E-state index contributed by atoms with van der Waals surface area (Å²) in [6.07, 6.45) is -6.01. The number of halogens is 1. The molecule has 0 radical (unpaired) electrons. The van der Waals surface area contributed by atoms with E-state index in [9.17, 15) is 25.0 Å². The molecule has 0 aromatic rings. The monoisotopic (exact) mass is 313 g/mol. The predicted molar refractivity (Wildman–Crippen MR) is 65.5 cm³/mol. The van der Waals surface area contributed by atoms with Gasteiger partial charge < -0.3 is 30.5 Å². The van der Waals surface area contributed by atoms with Crippen LogP contribution in [0.15, 0.2) is 5.29 Å². The molecule has 1 fully saturated rings. The number of ether oxygens (including phenoxy) is 1. The highest BCUT2D eigenvalue weighted by Crippen LogP contribution is 2.20. The van der Waals surface area contributed by atoms with Gasteiger partial charge in [-0.25, -0.2) is 4.79 Å². The number of aliphatic hydroxyl groups excluding tert-OH is 4. The van der Waals surface area contributed by atoms with E-state index < -0.39 is 43.3 Å². The highest BCUT2D eigenvalue weighted by Gasteiger charge is 2.44. The van der Waals surface area contributed by atoms with Crippen LogP contribution in [0, 0.1) is 4.91 Å². The molecule has 0 aliphatic carbocycles. The van der Waals surface area contributed by atoms with Crippen molar-refractivity contribution in [2.45, 2.75) is 30.6 Å². The molecule has 1 aliphatic heterocycles. The number of aliphatic hydroxyl groups is 4. The molecule has 116 valence electrons. The molecule has 1 rings (SSSR count). The van der Waals surface area contributed by atoms with E-state index in [4.69, 9.17) is 21.4 Å². The number of alkyl halides is 1. The fourth-order valence-electron chi connectivity index (χ4n) is 1.75. The van der Waals surface area contributed by atoms with Crippen LogP contribution in [0.4, 0.5) is 4.79 Å². The van der Waals surface area contributed by atoms with Gasteiger partial charge >= 0.3 is 6.03 Å². The smallest absolute Gasteiger partial charge is 0.340 e. The molecule has 2 amide bonds. The Morgan fingerprint density at radius 3 is 2.50 bits per heavy atom. The van der Waals surface area contributed by atoms with Crippen LogP contribution in [0.5, 0.6) is 0 Å². The third-order valence-corrected chi connectivity index (χ3v) is 2.99. The number of hydrogen-bond donors (Lipinski definition) is 5. The number of nitroso groups, excluding NO2 is 1. The molecule has 0 aromatic carbocycles. The van der Waals surface area contributed by atoms with Gasteiger partial charge in [0.2, 0.25) is 0 Å². The number of amides is 2. The molecule has 1 aliphatic rings. The van der Waals surface area contributed by atoms with Gasteiger partial charge in [0.15, 0.2) is 6.29 Å². The SMILES string of the molecule is O=NN(CCCl)C(=O)N[C@@H]1[C@H](O)[C@@H](CO)OC(O)[C@@H]1O. The van der Waals surface area contributed by atoms with Gasteiger partial charge in [0.05, 0.1) is 24.5 Å². The first-order valence-corrected chi connectivity index (χ1v) is 6.27. The Labute approximate surface area is 118 Å². The summed E-state index contributed by atoms with van der Waals surface area (Å²) in [7, 11) is 0. The lowest BCUT2D eigenvalue weighted by molar-refractivity contribution is -0.261. The van der Waals surface area contributed by atoms with Gasteiger partial charge in [-0.1, -0.05) is 0 Å². The zero-order chi connectivity index (χ0) is 15.3. The predicted octanol–water partition coefficient (Wildman–Crippen LogP) is -2.28. The Hall–Kier alpha value is -1.04. The summed E-state index contributed by atoms with van der Waals surface area (Å²) in [6, 6.07) is -2.35. The van der Waals surface area contributed by atoms with Crippen molar-refractivity contribution in [3.05, 3.63) is 4.91 Å².